The second-order valence-corrected chi connectivity index (χ2v) is 9.05. The molecule has 0 amide bonds. The molecule has 1 saturated carbocycles. The first-order valence-corrected chi connectivity index (χ1v) is 11.7. The monoisotopic (exact) mass is 412 g/mol. The molecule has 1 fully saturated rings. The van der Waals surface area contributed by atoms with Crippen molar-refractivity contribution in [3.8, 4) is 11.1 Å². The van der Waals surface area contributed by atoms with Gasteiger partial charge in [0, 0.05) is 5.39 Å². The number of halogens is 1. The molecule has 0 heterocycles. The normalized spacial score (nSPS) is 18.7. The number of fused-ring (bicyclic) bond motifs is 1. The van der Waals surface area contributed by atoms with Crippen LogP contribution in [0.15, 0.2) is 79.9 Å². The molecule has 0 unspecified atom stereocenters. The Bertz CT molecular complexity index is 1040. The summed E-state index contributed by atoms with van der Waals surface area (Å²) in [7, 11) is 0. The Morgan fingerprint density at radius 3 is 2.29 bits per heavy atom. The van der Waals surface area contributed by atoms with Crippen molar-refractivity contribution in [2.45, 2.75) is 51.4 Å². The lowest BCUT2D eigenvalue weighted by Gasteiger charge is -2.26. The van der Waals surface area contributed by atoms with Crippen LogP contribution < -0.4 is 0 Å². The van der Waals surface area contributed by atoms with Crippen LogP contribution in [0.25, 0.3) is 21.9 Å². The predicted molar refractivity (Wildman–Crippen MR) is 132 cm³/mol. The van der Waals surface area contributed by atoms with E-state index in [4.69, 9.17) is 0 Å². The van der Waals surface area contributed by atoms with Crippen molar-refractivity contribution < 1.29 is 4.39 Å². The summed E-state index contributed by atoms with van der Waals surface area (Å²) in [4.78, 5) is 0. The average molecular weight is 413 g/mol. The zero-order valence-electron chi connectivity index (χ0n) is 18.5. The number of hydrogen-bond donors (Lipinski definition) is 0. The molecule has 1 aliphatic carbocycles. The SMILES string of the molecule is C=CCCc1ccc2cc(-c3ccc(CCC4CCC(C=C)CC4)cc3)ccc2c1F. The van der Waals surface area contributed by atoms with Crippen LogP contribution in [-0.4, -0.2) is 0 Å². The van der Waals surface area contributed by atoms with Crippen molar-refractivity contribution >= 4 is 10.8 Å². The van der Waals surface area contributed by atoms with Crippen LogP contribution in [0.1, 0.15) is 49.7 Å². The van der Waals surface area contributed by atoms with Crippen LogP contribution in [0, 0.1) is 17.7 Å². The highest BCUT2D eigenvalue weighted by Crippen LogP contribution is 2.32. The van der Waals surface area contributed by atoms with E-state index < -0.39 is 0 Å². The Morgan fingerprint density at radius 1 is 0.839 bits per heavy atom. The van der Waals surface area contributed by atoms with Gasteiger partial charge in [0.1, 0.15) is 5.82 Å². The number of allylic oxidation sites excluding steroid dienone is 2. The minimum absolute atomic E-state index is 0.0941. The summed E-state index contributed by atoms with van der Waals surface area (Å²) >= 11 is 0. The van der Waals surface area contributed by atoms with E-state index in [9.17, 15) is 4.39 Å². The molecule has 0 aliphatic heterocycles. The summed E-state index contributed by atoms with van der Waals surface area (Å²) in [6.07, 6.45) is 13.2. The predicted octanol–water partition coefficient (Wildman–Crippen LogP) is 8.69. The van der Waals surface area contributed by atoms with Crippen LogP contribution in [0.2, 0.25) is 0 Å². The van der Waals surface area contributed by atoms with Crippen molar-refractivity contribution in [3.63, 3.8) is 0 Å². The highest BCUT2D eigenvalue weighted by atomic mass is 19.1. The molecule has 3 aromatic carbocycles. The Kier molecular flexibility index (Phi) is 7.02. The summed E-state index contributed by atoms with van der Waals surface area (Å²) < 4.78 is 14.8. The van der Waals surface area contributed by atoms with Gasteiger partial charge in [0.05, 0.1) is 0 Å². The van der Waals surface area contributed by atoms with Gasteiger partial charge in [-0.05, 0) is 96.9 Å². The number of rotatable bonds is 8. The summed E-state index contributed by atoms with van der Waals surface area (Å²) in [6.45, 7) is 7.68. The van der Waals surface area contributed by atoms with Crippen LogP contribution in [0.4, 0.5) is 4.39 Å². The lowest BCUT2D eigenvalue weighted by atomic mass is 9.79. The van der Waals surface area contributed by atoms with E-state index >= 15 is 0 Å². The molecule has 160 valence electrons. The molecule has 0 N–H and O–H groups in total. The number of aryl methyl sites for hydroxylation is 2. The second kappa shape index (κ2) is 10.1. The molecule has 0 nitrogen and oxygen atoms in total. The fraction of sp³-hybridized carbons (Fsp3) is 0.333. The van der Waals surface area contributed by atoms with E-state index in [0.717, 1.165) is 41.2 Å². The topological polar surface area (TPSA) is 0 Å². The van der Waals surface area contributed by atoms with Gasteiger partial charge in [-0.15, -0.1) is 13.2 Å². The van der Waals surface area contributed by atoms with E-state index in [1.54, 1.807) is 0 Å². The zero-order chi connectivity index (χ0) is 21.6. The van der Waals surface area contributed by atoms with Gasteiger partial charge < -0.3 is 0 Å². The molecule has 31 heavy (non-hydrogen) atoms. The van der Waals surface area contributed by atoms with Gasteiger partial charge in [0.2, 0.25) is 0 Å². The van der Waals surface area contributed by atoms with Crippen LogP contribution in [-0.2, 0) is 12.8 Å². The number of hydrogen-bond acceptors (Lipinski definition) is 0. The third-order valence-corrected chi connectivity index (χ3v) is 7.01. The molecular weight excluding hydrogens is 379 g/mol. The fourth-order valence-electron chi connectivity index (χ4n) is 4.91. The summed E-state index contributed by atoms with van der Waals surface area (Å²) in [6, 6.07) is 18.9. The third kappa shape index (κ3) is 5.15. The molecule has 0 atom stereocenters. The minimum Gasteiger partial charge on any atom is -0.206 e. The summed E-state index contributed by atoms with van der Waals surface area (Å²) in [5.74, 6) is 1.51. The largest absolute Gasteiger partial charge is 0.206 e. The van der Waals surface area contributed by atoms with Crippen molar-refractivity contribution in [3.05, 3.63) is 96.9 Å². The highest BCUT2D eigenvalue weighted by Gasteiger charge is 2.18. The van der Waals surface area contributed by atoms with E-state index in [1.165, 1.54) is 43.2 Å². The van der Waals surface area contributed by atoms with Crippen LogP contribution >= 0.6 is 0 Å². The lowest BCUT2D eigenvalue weighted by Crippen LogP contribution is -2.13. The third-order valence-electron chi connectivity index (χ3n) is 7.01. The smallest absolute Gasteiger partial charge is 0.134 e. The van der Waals surface area contributed by atoms with Gasteiger partial charge in [0.25, 0.3) is 0 Å². The zero-order valence-corrected chi connectivity index (χ0v) is 18.5. The van der Waals surface area contributed by atoms with E-state index in [2.05, 4.69) is 49.6 Å². The first kappa shape index (κ1) is 21.6. The molecule has 0 saturated heterocycles. The second-order valence-electron chi connectivity index (χ2n) is 9.05. The van der Waals surface area contributed by atoms with Gasteiger partial charge in [-0.25, -0.2) is 4.39 Å². The molecular formula is C30H33F. The van der Waals surface area contributed by atoms with Crippen LogP contribution in [0.3, 0.4) is 0 Å². The molecule has 4 rings (SSSR count). The first-order valence-electron chi connectivity index (χ1n) is 11.7. The quantitative estimate of drug-likeness (QED) is 0.325. The van der Waals surface area contributed by atoms with Gasteiger partial charge in [-0.3, -0.25) is 0 Å². The van der Waals surface area contributed by atoms with Gasteiger partial charge in [0.15, 0.2) is 0 Å². The molecule has 3 aromatic rings. The van der Waals surface area contributed by atoms with Crippen molar-refractivity contribution in [2.75, 3.05) is 0 Å². The molecule has 1 heteroatoms. The Morgan fingerprint density at radius 2 is 1.58 bits per heavy atom. The van der Waals surface area contributed by atoms with Crippen LogP contribution in [0.5, 0.6) is 0 Å². The van der Waals surface area contributed by atoms with Crippen molar-refractivity contribution in [1.82, 2.24) is 0 Å². The molecule has 0 bridgehead atoms. The Balaban J connectivity index is 1.42. The van der Waals surface area contributed by atoms with Gasteiger partial charge in [-0.1, -0.05) is 60.7 Å². The van der Waals surface area contributed by atoms with E-state index in [0.29, 0.717) is 11.8 Å². The molecule has 0 spiro atoms. The Labute approximate surface area is 186 Å². The lowest BCUT2D eigenvalue weighted by molar-refractivity contribution is 0.296. The summed E-state index contributed by atoms with van der Waals surface area (Å²) in [5.41, 5.74) is 4.50. The van der Waals surface area contributed by atoms with E-state index in [1.807, 2.05) is 30.3 Å². The average Bonchev–Trinajstić information content (AvgIpc) is 2.83. The standard InChI is InChI=1S/C30H33F/c1-3-5-6-26-17-18-28-21-27(19-20-29(28)30(26)31)25-15-13-24(14-16-25)12-11-23-9-7-22(4-2)8-10-23/h3-4,13-23H,1-2,5-12H2. The fourth-order valence-corrected chi connectivity index (χ4v) is 4.91. The molecule has 0 radical (unpaired) electrons. The van der Waals surface area contributed by atoms with Gasteiger partial charge in [-0.2, -0.15) is 0 Å². The Hall–Kier alpha value is -2.67. The van der Waals surface area contributed by atoms with E-state index in [-0.39, 0.29) is 5.82 Å². The highest BCUT2D eigenvalue weighted by molar-refractivity contribution is 5.88. The van der Waals surface area contributed by atoms with Crippen molar-refractivity contribution in [2.24, 2.45) is 11.8 Å². The summed E-state index contributed by atoms with van der Waals surface area (Å²) in [5, 5.41) is 1.66. The molecule has 0 aromatic heterocycles. The van der Waals surface area contributed by atoms with Crippen molar-refractivity contribution in [1.29, 1.82) is 0 Å². The van der Waals surface area contributed by atoms with Gasteiger partial charge >= 0.3 is 0 Å². The first-order chi connectivity index (χ1) is 15.2. The molecule has 1 aliphatic rings. The number of benzene rings is 3. The maximum Gasteiger partial charge on any atom is 0.134 e. The maximum absolute atomic E-state index is 14.8. The maximum atomic E-state index is 14.8. The minimum atomic E-state index is -0.0941.